The number of phosphoric acid groups is 2. The SMILES string of the molecule is CCCCCCCCCCCCCCCCCC(=O)O[C@H](COC(=O)CCCCCCCCCCCCCC)COP(=O)(O)OC[C@@H](O)COP(=O)(O)OC[C@@H](COC(=O)CCCCCCCCCC(C)C)OC(=O)CCCCCCCCCCC(C)C. The van der Waals surface area contributed by atoms with Crippen LogP contribution in [0.15, 0.2) is 0 Å². The van der Waals surface area contributed by atoms with Crippen LogP contribution in [-0.4, -0.2) is 96.7 Å². The van der Waals surface area contributed by atoms with Crippen LogP contribution in [0, 0.1) is 11.8 Å². The fourth-order valence-corrected chi connectivity index (χ4v) is 12.0. The number of carbonyl (C=O) groups is 4. The molecule has 0 aliphatic rings. The Morgan fingerprint density at radius 1 is 0.307 bits per heavy atom. The predicted octanol–water partition coefficient (Wildman–Crippen LogP) is 19.6. The largest absolute Gasteiger partial charge is 0.472 e. The number of hydrogen-bond donors (Lipinski definition) is 3. The van der Waals surface area contributed by atoms with E-state index in [1.165, 1.54) is 161 Å². The van der Waals surface area contributed by atoms with Gasteiger partial charge in [-0.05, 0) is 37.5 Å². The summed E-state index contributed by atoms with van der Waals surface area (Å²) in [5.41, 5.74) is 0. The second-order valence-electron chi connectivity index (χ2n) is 25.9. The molecule has 0 radical (unpaired) electrons. The van der Waals surface area contributed by atoms with Crippen LogP contribution in [-0.2, 0) is 65.4 Å². The van der Waals surface area contributed by atoms with Crippen molar-refractivity contribution in [1.29, 1.82) is 0 Å². The minimum absolute atomic E-state index is 0.104. The van der Waals surface area contributed by atoms with E-state index in [-0.39, 0.29) is 25.7 Å². The molecule has 3 N–H and O–H groups in total. The van der Waals surface area contributed by atoms with Crippen molar-refractivity contribution in [3.8, 4) is 0 Å². The van der Waals surface area contributed by atoms with Crippen LogP contribution in [0.1, 0.15) is 350 Å². The molecule has 0 bridgehead atoms. The molecule has 522 valence electrons. The van der Waals surface area contributed by atoms with Crippen molar-refractivity contribution in [1.82, 2.24) is 0 Å². The van der Waals surface area contributed by atoms with Gasteiger partial charge in [-0.1, -0.05) is 298 Å². The standard InChI is InChI=1S/C69H134O17P2/c1-7-9-11-13-15-17-19-21-22-23-25-27-34-41-47-53-68(73)85-64(57-79-66(71)51-45-39-33-26-24-20-18-16-14-12-10-8-2)59-83-87(75,76)81-55-63(70)56-82-88(77,78)84-60-65(58-80-67(72)52-46-40-36-30-32-38-44-50-62(5)6)86-69(74)54-48-42-35-29-28-31-37-43-49-61(3)4/h61-65,70H,7-60H2,1-6H3,(H,75,76)(H,77,78)/t63-,64-,65-/m1/s1. The normalized spacial score (nSPS) is 14.2. The summed E-state index contributed by atoms with van der Waals surface area (Å²) in [6.45, 7) is 9.45. The summed E-state index contributed by atoms with van der Waals surface area (Å²) in [7, 11) is -9.90. The average Bonchev–Trinajstić information content (AvgIpc) is 3.57. The maximum Gasteiger partial charge on any atom is 0.472 e. The molecular weight excluding hydrogens is 1160 g/mol. The second-order valence-corrected chi connectivity index (χ2v) is 28.8. The van der Waals surface area contributed by atoms with Crippen molar-refractivity contribution < 1.29 is 80.2 Å². The zero-order valence-electron chi connectivity index (χ0n) is 57.0. The Labute approximate surface area is 537 Å². The number of esters is 4. The molecule has 0 aliphatic carbocycles. The van der Waals surface area contributed by atoms with Crippen LogP contribution in [0.2, 0.25) is 0 Å². The molecule has 0 aromatic rings. The Hall–Kier alpha value is -1.94. The van der Waals surface area contributed by atoms with E-state index < -0.39 is 97.5 Å². The average molecular weight is 1300 g/mol. The van der Waals surface area contributed by atoms with Gasteiger partial charge in [0.1, 0.15) is 19.3 Å². The molecule has 0 rings (SSSR count). The third kappa shape index (κ3) is 62.8. The molecule has 5 atom stereocenters. The summed E-state index contributed by atoms with van der Waals surface area (Å²) in [6, 6.07) is 0. The first-order valence-electron chi connectivity index (χ1n) is 36.0. The number of carbonyl (C=O) groups excluding carboxylic acids is 4. The lowest BCUT2D eigenvalue weighted by Gasteiger charge is -2.21. The minimum atomic E-state index is -4.95. The molecule has 0 aromatic heterocycles. The Morgan fingerprint density at radius 3 is 0.773 bits per heavy atom. The van der Waals surface area contributed by atoms with Crippen molar-refractivity contribution in [2.75, 3.05) is 39.6 Å². The third-order valence-corrected chi connectivity index (χ3v) is 17.9. The van der Waals surface area contributed by atoms with E-state index in [9.17, 15) is 43.2 Å². The molecule has 0 aromatic carbocycles. The number of aliphatic hydroxyl groups is 1. The minimum Gasteiger partial charge on any atom is -0.462 e. The highest BCUT2D eigenvalue weighted by atomic mass is 31.2. The Kier molecular flexibility index (Phi) is 59.9. The fraction of sp³-hybridized carbons (Fsp3) is 0.942. The van der Waals surface area contributed by atoms with Gasteiger partial charge in [0.15, 0.2) is 12.2 Å². The van der Waals surface area contributed by atoms with Gasteiger partial charge in [-0.3, -0.25) is 37.3 Å². The van der Waals surface area contributed by atoms with Gasteiger partial charge in [-0.2, -0.15) is 0 Å². The van der Waals surface area contributed by atoms with E-state index in [1.54, 1.807) is 0 Å². The van der Waals surface area contributed by atoms with Gasteiger partial charge in [-0.15, -0.1) is 0 Å². The summed E-state index contributed by atoms with van der Waals surface area (Å²) in [4.78, 5) is 72.5. The van der Waals surface area contributed by atoms with Gasteiger partial charge in [-0.25, -0.2) is 9.13 Å². The molecule has 2 unspecified atom stereocenters. The highest BCUT2D eigenvalue weighted by molar-refractivity contribution is 7.47. The Bertz CT molecular complexity index is 1720. The molecular formula is C69H134O17P2. The second kappa shape index (κ2) is 61.3. The third-order valence-electron chi connectivity index (χ3n) is 16.0. The number of rotatable bonds is 68. The predicted molar refractivity (Wildman–Crippen MR) is 354 cm³/mol. The summed E-state index contributed by atoms with van der Waals surface area (Å²) in [6.07, 6.45) is 45.8. The quantitative estimate of drug-likeness (QED) is 0.0222. The molecule has 0 heterocycles. The van der Waals surface area contributed by atoms with Crippen LogP contribution in [0.3, 0.4) is 0 Å². The van der Waals surface area contributed by atoms with Crippen molar-refractivity contribution in [2.45, 2.75) is 368 Å². The molecule has 0 saturated carbocycles. The van der Waals surface area contributed by atoms with E-state index in [0.29, 0.717) is 31.6 Å². The zero-order valence-corrected chi connectivity index (χ0v) is 58.8. The first-order chi connectivity index (χ1) is 42.4. The van der Waals surface area contributed by atoms with Gasteiger partial charge in [0.05, 0.1) is 26.4 Å². The van der Waals surface area contributed by atoms with Crippen LogP contribution < -0.4 is 0 Å². The number of hydrogen-bond acceptors (Lipinski definition) is 15. The number of aliphatic hydroxyl groups excluding tert-OH is 1. The zero-order chi connectivity index (χ0) is 65.0. The molecule has 0 saturated heterocycles. The van der Waals surface area contributed by atoms with Crippen LogP contribution in [0.25, 0.3) is 0 Å². The lowest BCUT2D eigenvalue weighted by molar-refractivity contribution is -0.161. The Morgan fingerprint density at radius 2 is 0.523 bits per heavy atom. The molecule has 0 amide bonds. The van der Waals surface area contributed by atoms with Gasteiger partial charge < -0.3 is 33.8 Å². The molecule has 88 heavy (non-hydrogen) atoms. The first-order valence-corrected chi connectivity index (χ1v) is 39.0. The van der Waals surface area contributed by atoms with Crippen LogP contribution >= 0.6 is 15.6 Å². The molecule has 17 nitrogen and oxygen atoms in total. The van der Waals surface area contributed by atoms with Crippen molar-refractivity contribution in [2.24, 2.45) is 11.8 Å². The van der Waals surface area contributed by atoms with Gasteiger partial charge in [0.25, 0.3) is 0 Å². The van der Waals surface area contributed by atoms with Gasteiger partial charge in [0, 0.05) is 25.7 Å². The van der Waals surface area contributed by atoms with E-state index in [0.717, 1.165) is 102 Å². The van der Waals surface area contributed by atoms with E-state index >= 15 is 0 Å². The number of ether oxygens (including phenoxy) is 4. The summed E-state index contributed by atoms with van der Waals surface area (Å²) < 4.78 is 68.2. The van der Waals surface area contributed by atoms with Crippen LogP contribution in [0.5, 0.6) is 0 Å². The van der Waals surface area contributed by atoms with Crippen LogP contribution in [0.4, 0.5) is 0 Å². The smallest absolute Gasteiger partial charge is 0.462 e. The highest BCUT2D eigenvalue weighted by Gasteiger charge is 2.30. The van der Waals surface area contributed by atoms with Gasteiger partial charge >= 0.3 is 39.5 Å². The van der Waals surface area contributed by atoms with E-state index in [1.807, 2.05) is 0 Å². The topological polar surface area (TPSA) is 237 Å². The molecule has 19 heteroatoms. The maximum atomic E-state index is 13.0. The summed E-state index contributed by atoms with van der Waals surface area (Å²) in [5, 5.41) is 10.6. The fourth-order valence-electron chi connectivity index (χ4n) is 10.4. The maximum absolute atomic E-state index is 13.0. The number of unbranched alkanes of at least 4 members (excludes halogenated alkanes) is 38. The first kappa shape index (κ1) is 86.1. The molecule has 0 spiro atoms. The molecule has 0 fully saturated rings. The van der Waals surface area contributed by atoms with Crippen molar-refractivity contribution >= 4 is 39.5 Å². The molecule has 0 aliphatic heterocycles. The van der Waals surface area contributed by atoms with Crippen molar-refractivity contribution in [3.05, 3.63) is 0 Å². The summed E-state index contributed by atoms with van der Waals surface area (Å²) >= 11 is 0. The van der Waals surface area contributed by atoms with E-state index in [2.05, 4.69) is 41.5 Å². The summed E-state index contributed by atoms with van der Waals surface area (Å²) in [5.74, 6) is -0.703. The highest BCUT2D eigenvalue weighted by Crippen LogP contribution is 2.45. The lowest BCUT2D eigenvalue weighted by atomic mass is 10.0. The monoisotopic (exact) mass is 1300 g/mol. The lowest BCUT2D eigenvalue weighted by Crippen LogP contribution is -2.30. The number of phosphoric ester groups is 2. The van der Waals surface area contributed by atoms with Gasteiger partial charge in [0.2, 0.25) is 0 Å². The van der Waals surface area contributed by atoms with E-state index in [4.69, 9.17) is 37.0 Å². The Balaban J connectivity index is 5.25. The van der Waals surface area contributed by atoms with Crippen molar-refractivity contribution in [3.63, 3.8) is 0 Å².